The fraction of sp³-hybridized carbons (Fsp3) is 0.389. The summed E-state index contributed by atoms with van der Waals surface area (Å²) in [5.41, 5.74) is 0.848. The average Bonchev–Trinajstić information content (AvgIpc) is 3.09. The van der Waals surface area contributed by atoms with E-state index < -0.39 is 0 Å². The molecule has 2 heterocycles. The summed E-state index contributed by atoms with van der Waals surface area (Å²) in [5, 5.41) is 2.98. The fourth-order valence-electron chi connectivity index (χ4n) is 2.87. The number of hydrogen-bond acceptors (Lipinski definition) is 4. The third-order valence-corrected chi connectivity index (χ3v) is 4.33. The third-order valence-electron chi connectivity index (χ3n) is 4.33. The molecule has 1 atom stereocenters. The van der Waals surface area contributed by atoms with Crippen molar-refractivity contribution < 1.29 is 9.21 Å². The lowest BCUT2D eigenvalue weighted by molar-refractivity contribution is -0.121. The molecule has 0 radical (unpaired) electrons. The lowest BCUT2D eigenvalue weighted by Gasteiger charge is -2.37. The highest BCUT2D eigenvalue weighted by molar-refractivity contribution is 5.94. The molecule has 1 fully saturated rings. The van der Waals surface area contributed by atoms with Crippen molar-refractivity contribution >= 4 is 11.6 Å². The number of rotatable bonds is 5. The highest BCUT2D eigenvalue weighted by Gasteiger charge is 2.25. The number of amides is 1. The van der Waals surface area contributed by atoms with Gasteiger partial charge in [0.25, 0.3) is 0 Å². The standard InChI is InChI=1S/C18H23N3O2/c1-15(18(22)19-16-6-3-2-4-7-16)21-11-9-20(10-12-21)14-17-8-5-13-23-17/h2-8,13,15H,9-12,14H2,1H3,(H,19,22)/t15-/m0/s1. The van der Waals surface area contributed by atoms with E-state index in [2.05, 4.69) is 15.1 Å². The van der Waals surface area contributed by atoms with Gasteiger partial charge < -0.3 is 9.73 Å². The SMILES string of the molecule is C[C@@H](C(=O)Nc1ccccc1)N1CCN(Cc2ccco2)CC1. The first-order chi connectivity index (χ1) is 11.2. The first-order valence-electron chi connectivity index (χ1n) is 8.07. The molecular formula is C18H23N3O2. The number of piperazine rings is 1. The van der Waals surface area contributed by atoms with Crippen LogP contribution < -0.4 is 5.32 Å². The van der Waals surface area contributed by atoms with Gasteiger partial charge >= 0.3 is 0 Å². The quantitative estimate of drug-likeness (QED) is 0.921. The van der Waals surface area contributed by atoms with Crippen molar-refractivity contribution in [2.45, 2.75) is 19.5 Å². The number of carbonyl (C=O) groups excluding carboxylic acids is 1. The van der Waals surface area contributed by atoms with Crippen LogP contribution in [0.25, 0.3) is 0 Å². The Hall–Kier alpha value is -2.11. The Bertz CT molecular complexity index is 604. The fourth-order valence-corrected chi connectivity index (χ4v) is 2.87. The van der Waals surface area contributed by atoms with E-state index in [0.717, 1.165) is 44.2 Å². The summed E-state index contributed by atoms with van der Waals surface area (Å²) < 4.78 is 5.40. The summed E-state index contributed by atoms with van der Waals surface area (Å²) >= 11 is 0. The molecule has 1 N–H and O–H groups in total. The highest BCUT2D eigenvalue weighted by Crippen LogP contribution is 2.13. The number of nitrogens with one attached hydrogen (secondary N) is 1. The maximum Gasteiger partial charge on any atom is 0.241 e. The van der Waals surface area contributed by atoms with E-state index in [9.17, 15) is 4.79 Å². The largest absolute Gasteiger partial charge is 0.468 e. The molecule has 2 aromatic rings. The summed E-state index contributed by atoms with van der Waals surface area (Å²) in [6, 6.07) is 13.4. The molecule has 1 amide bonds. The number of carbonyl (C=O) groups is 1. The minimum atomic E-state index is -0.124. The Labute approximate surface area is 136 Å². The minimum Gasteiger partial charge on any atom is -0.468 e. The lowest BCUT2D eigenvalue weighted by Crippen LogP contribution is -2.52. The van der Waals surface area contributed by atoms with Crippen LogP contribution in [0.5, 0.6) is 0 Å². The summed E-state index contributed by atoms with van der Waals surface area (Å²) in [6.45, 7) is 6.49. The van der Waals surface area contributed by atoms with Crippen LogP contribution in [-0.2, 0) is 11.3 Å². The molecule has 1 aromatic carbocycles. The molecular weight excluding hydrogens is 290 g/mol. The molecule has 122 valence electrons. The van der Waals surface area contributed by atoms with Gasteiger partial charge in [-0.15, -0.1) is 0 Å². The smallest absolute Gasteiger partial charge is 0.241 e. The third kappa shape index (κ3) is 4.21. The van der Waals surface area contributed by atoms with Crippen molar-refractivity contribution in [2.24, 2.45) is 0 Å². The summed E-state index contributed by atoms with van der Waals surface area (Å²) in [6.07, 6.45) is 1.71. The molecule has 0 spiro atoms. The Morgan fingerprint density at radius 1 is 1.13 bits per heavy atom. The number of para-hydroxylation sites is 1. The van der Waals surface area contributed by atoms with Crippen LogP contribution in [0.1, 0.15) is 12.7 Å². The predicted molar refractivity (Wildman–Crippen MR) is 90.1 cm³/mol. The van der Waals surface area contributed by atoms with E-state index in [4.69, 9.17) is 4.42 Å². The number of benzene rings is 1. The number of anilines is 1. The van der Waals surface area contributed by atoms with Crippen molar-refractivity contribution in [3.63, 3.8) is 0 Å². The van der Waals surface area contributed by atoms with Crippen molar-refractivity contribution in [3.05, 3.63) is 54.5 Å². The van der Waals surface area contributed by atoms with Crippen molar-refractivity contribution in [1.82, 2.24) is 9.80 Å². The van der Waals surface area contributed by atoms with E-state index in [1.807, 2.05) is 49.4 Å². The van der Waals surface area contributed by atoms with Gasteiger partial charge in [0.2, 0.25) is 5.91 Å². The number of hydrogen-bond donors (Lipinski definition) is 1. The van der Waals surface area contributed by atoms with Crippen LogP contribution in [0.2, 0.25) is 0 Å². The van der Waals surface area contributed by atoms with Gasteiger partial charge in [-0.1, -0.05) is 18.2 Å². The number of furan rings is 1. The van der Waals surface area contributed by atoms with Crippen LogP contribution in [0.4, 0.5) is 5.69 Å². The molecule has 1 saturated heterocycles. The molecule has 3 rings (SSSR count). The average molecular weight is 313 g/mol. The highest BCUT2D eigenvalue weighted by atomic mass is 16.3. The molecule has 0 bridgehead atoms. The molecule has 5 heteroatoms. The molecule has 23 heavy (non-hydrogen) atoms. The molecule has 0 aliphatic carbocycles. The molecule has 5 nitrogen and oxygen atoms in total. The molecule has 1 aromatic heterocycles. The van der Waals surface area contributed by atoms with E-state index in [1.54, 1.807) is 6.26 Å². The van der Waals surface area contributed by atoms with Crippen LogP contribution in [0.3, 0.4) is 0 Å². The minimum absolute atomic E-state index is 0.0516. The van der Waals surface area contributed by atoms with Gasteiger partial charge in [0.1, 0.15) is 5.76 Å². The summed E-state index contributed by atoms with van der Waals surface area (Å²) in [5.74, 6) is 1.05. The van der Waals surface area contributed by atoms with Crippen LogP contribution in [0.15, 0.2) is 53.1 Å². The van der Waals surface area contributed by atoms with E-state index in [-0.39, 0.29) is 11.9 Å². The molecule has 0 unspecified atom stereocenters. The van der Waals surface area contributed by atoms with E-state index in [0.29, 0.717) is 0 Å². The molecule has 0 saturated carbocycles. The number of nitrogens with zero attached hydrogens (tertiary/aromatic N) is 2. The van der Waals surface area contributed by atoms with E-state index in [1.165, 1.54) is 0 Å². The Balaban J connectivity index is 1.47. The van der Waals surface area contributed by atoms with Crippen molar-refractivity contribution in [3.8, 4) is 0 Å². The first-order valence-corrected chi connectivity index (χ1v) is 8.07. The van der Waals surface area contributed by atoms with Crippen molar-refractivity contribution in [2.75, 3.05) is 31.5 Å². The second-order valence-corrected chi connectivity index (χ2v) is 5.92. The summed E-state index contributed by atoms with van der Waals surface area (Å²) in [4.78, 5) is 17.0. The summed E-state index contributed by atoms with van der Waals surface area (Å²) in [7, 11) is 0. The second-order valence-electron chi connectivity index (χ2n) is 5.92. The zero-order valence-electron chi connectivity index (χ0n) is 13.4. The van der Waals surface area contributed by atoms with Gasteiger partial charge in [-0.3, -0.25) is 14.6 Å². The van der Waals surface area contributed by atoms with E-state index >= 15 is 0 Å². The zero-order chi connectivity index (χ0) is 16.1. The van der Waals surface area contributed by atoms with Gasteiger partial charge in [-0.05, 0) is 31.2 Å². The molecule has 1 aliphatic rings. The maximum atomic E-state index is 12.4. The normalized spacial score (nSPS) is 17.8. The Morgan fingerprint density at radius 2 is 1.87 bits per heavy atom. The van der Waals surface area contributed by atoms with Gasteiger partial charge in [0.05, 0.1) is 18.8 Å². The van der Waals surface area contributed by atoms with Gasteiger partial charge in [0, 0.05) is 31.9 Å². The maximum absolute atomic E-state index is 12.4. The first kappa shape index (κ1) is 15.8. The second kappa shape index (κ2) is 7.44. The monoisotopic (exact) mass is 313 g/mol. The molecule has 1 aliphatic heterocycles. The van der Waals surface area contributed by atoms with Gasteiger partial charge in [0.15, 0.2) is 0 Å². The van der Waals surface area contributed by atoms with Crippen LogP contribution in [0, 0.1) is 0 Å². The zero-order valence-corrected chi connectivity index (χ0v) is 13.4. The van der Waals surface area contributed by atoms with Crippen molar-refractivity contribution in [1.29, 1.82) is 0 Å². The Morgan fingerprint density at radius 3 is 2.52 bits per heavy atom. The lowest BCUT2D eigenvalue weighted by atomic mass is 10.2. The Kier molecular flexibility index (Phi) is 5.10. The topological polar surface area (TPSA) is 48.7 Å². The van der Waals surface area contributed by atoms with Gasteiger partial charge in [-0.25, -0.2) is 0 Å². The van der Waals surface area contributed by atoms with Crippen LogP contribution >= 0.6 is 0 Å². The predicted octanol–water partition coefficient (Wildman–Crippen LogP) is 2.42. The van der Waals surface area contributed by atoms with Gasteiger partial charge in [-0.2, -0.15) is 0 Å². The van der Waals surface area contributed by atoms with Crippen LogP contribution in [-0.4, -0.2) is 47.9 Å².